The monoisotopic (exact) mass is 1820 g/mol. The summed E-state index contributed by atoms with van der Waals surface area (Å²) in [6.07, 6.45) is 2.05. The van der Waals surface area contributed by atoms with Crippen molar-refractivity contribution < 1.29 is 56.3 Å². The van der Waals surface area contributed by atoms with Crippen LogP contribution in [0.15, 0.2) is 109 Å². The molecule has 666 valence electrons. The van der Waals surface area contributed by atoms with Crippen LogP contribution in [0.3, 0.4) is 0 Å². The SMILES string of the molecule is CC(=O)N1CCN(C(=O)[C@@H]2N[C@H](CC(C)(C)C)[C@]3(C(=O)Nc4cc(Cl)c(F)cc43)[C@H]2c2cccc(Cl)c2)CC1.CN(C)CC(=O)N1CCN(C(=O)[C@@H]2N[C@H](CC(C)(C)C)[C@]3(C(=O)Nc4cc(Cl)c(F)cc43)[C@H]2c2cccc(Cl)c2)CC1.CN(C)CCC(=O)N1CCN(C(=O)[C@@H]2N[C@H](CC(C)(C)C)[C@]3(C(=O)Nc4cc(Cl)c(F)cc43)[C@H]2c2cccc(Cl)c2)CC1. The highest BCUT2D eigenvalue weighted by Crippen LogP contribution is 2.61. The predicted molar refractivity (Wildman–Crippen MR) is 479 cm³/mol. The Morgan fingerprint density at radius 3 is 0.927 bits per heavy atom. The van der Waals surface area contributed by atoms with Crippen LogP contribution in [0.1, 0.15) is 146 Å². The van der Waals surface area contributed by atoms with E-state index in [0.29, 0.717) is 183 Å². The predicted octanol–water partition coefficient (Wildman–Crippen LogP) is 13.2. The van der Waals surface area contributed by atoms with Gasteiger partial charge in [-0.2, -0.15) is 0 Å². The molecule has 6 saturated heterocycles. The summed E-state index contributed by atoms with van der Waals surface area (Å²) in [6.45, 7) is 26.1. The van der Waals surface area contributed by atoms with E-state index >= 15 is 13.2 Å². The number of halogens is 9. The van der Waals surface area contributed by atoms with Gasteiger partial charge in [-0.3, -0.25) is 43.2 Å². The van der Waals surface area contributed by atoms with Crippen LogP contribution in [-0.2, 0) is 59.4 Å². The van der Waals surface area contributed by atoms with Gasteiger partial charge in [-0.15, -0.1) is 0 Å². The number of likely N-dealkylation sites (N-methyl/N-ethyl adjacent to an activating group) is 1. The molecule has 0 unspecified atom stereocenters. The highest BCUT2D eigenvalue weighted by atomic mass is 35.5. The summed E-state index contributed by atoms with van der Waals surface area (Å²) in [7, 11) is 7.56. The minimum atomic E-state index is -1.30. The molecule has 12 atom stereocenters. The molecule has 9 heterocycles. The first kappa shape index (κ1) is 93.5. The molecule has 23 nitrogen and oxygen atoms in total. The fraction of sp³-hybridized carbons (Fsp3) is 0.511. The Labute approximate surface area is 753 Å². The molecule has 9 amide bonds. The molecule has 0 aliphatic carbocycles. The summed E-state index contributed by atoms with van der Waals surface area (Å²) in [5.74, 6) is -5.25. The molecule has 6 N–H and O–H groups in total. The normalized spacial score (nSPS) is 25.9. The lowest BCUT2D eigenvalue weighted by Crippen LogP contribution is -2.56. The van der Waals surface area contributed by atoms with Gasteiger partial charge in [-0.05, 0) is 170 Å². The molecule has 6 aromatic carbocycles. The second-order valence-electron chi connectivity index (χ2n) is 38.4. The van der Waals surface area contributed by atoms with Gasteiger partial charge < -0.3 is 71.1 Å². The smallest absolute Gasteiger partial charge is 0.240 e. The van der Waals surface area contributed by atoms with Gasteiger partial charge >= 0.3 is 0 Å². The Bertz CT molecular complexity index is 5160. The van der Waals surface area contributed by atoms with Crippen LogP contribution >= 0.6 is 69.6 Å². The number of carbonyl (C=O) groups excluding carboxylic acids is 9. The second kappa shape index (κ2) is 36.6. The number of hydrogen-bond donors (Lipinski definition) is 6. The average Bonchev–Trinajstić information content (AvgIpc) is 1.54. The number of fused-ring (bicyclic) bond motifs is 6. The van der Waals surface area contributed by atoms with Crippen molar-refractivity contribution in [3.05, 3.63) is 190 Å². The maximum Gasteiger partial charge on any atom is 0.240 e. The van der Waals surface area contributed by atoms with Crippen molar-refractivity contribution in [2.75, 3.05) is 136 Å². The second-order valence-corrected chi connectivity index (χ2v) is 41.0. The van der Waals surface area contributed by atoms with E-state index in [-0.39, 0.29) is 84.5 Å². The van der Waals surface area contributed by atoms with Gasteiger partial charge in [-0.25, -0.2) is 13.2 Å². The number of rotatable bonds is 14. The Balaban J connectivity index is 0.000000160. The molecule has 124 heavy (non-hydrogen) atoms. The molecule has 3 spiro atoms. The van der Waals surface area contributed by atoms with Crippen molar-refractivity contribution in [1.82, 2.24) is 55.1 Å². The zero-order chi connectivity index (χ0) is 90.1. The molecular formula is C92H111Cl6F3N14O9. The van der Waals surface area contributed by atoms with Crippen molar-refractivity contribution >= 4 is 140 Å². The van der Waals surface area contributed by atoms with Crippen LogP contribution in [0.2, 0.25) is 30.1 Å². The van der Waals surface area contributed by atoms with E-state index in [4.69, 9.17) is 69.6 Å². The number of hydrogen-bond acceptors (Lipinski definition) is 14. The minimum Gasteiger partial charge on any atom is -0.339 e. The highest BCUT2D eigenvalue weighted by Gasteiger charge is 2.70. The van der Waals surface area contributed by atoms with E-state index < -0.39 is 87.7 Å². The molecule has 6 fully saturated rings. The van der Waals surface area contributed by atoms with Crippen molar-refractivity contribution in [1.29, 1.82) is 0 Å². The maximum atomic E-state index is 15.1. The van der Waals surface area contributed by atoms with Crippen LogP contribution in [0.5, 0.6) is 0 Å². The van der Waals surface area contributed by atoms with Crippen molar-refractivity contribution in [3.8, 4) is 0 Å². The first-order valence-electron chi connectivity index (χ1n) is 42.2. The lowest BCUT2D eigenvalue weighted by molar-refractivity contribution is -0.141. The minimum absolute atomic E-state index is 0.0204. The summed E-state index contributed by atoms with van der Waals surface area (Å²) in [4.78, 5) is 137. The van der Waals surface area contributed by atoms with E-state index in [1.807, 2.05) is 56.2 Å². The lowest BCUT2D eigenvalue weighted by Gasteiger charge is -2.39. The van der Waals surface area contributed by atoms with Crippen molar-refractivity contribution in [2.45, 2.75) is 165 Å². The van der Waals surface area contributed by atoms with Gasteiger partial charge in [0, 0.05) is 166 Å². The van der Waals surface area contributed by atoms with Gasteiger partial charge in [0.15, 0.2) is 0 Å². The van der Waals surface area contributed by atoms with E-state index in [0.717, 1.165) is 0 Å². The molecule has 0 aromatic heterocycles. The topological polar surface area (TPSA) is 252 Å². The van der Waals surface area contributed by atoms with Crippen LogP contribution in [-0.4, -0.2) is 248 Å². The van der Waals surface area contributed by atoms with Crippen LogP contribution < -0.4 is 31.9 Å². The van der Waals surface area contributed by atoms with E-state index in [1.165, 1.54) is 43.3 Å². The number of carbonyl (C=O) groups is 9. The number of nitrogens with one attached hydrogen (secondary N) is 6. The first-order chi connectivity index (χ1) is 58.3. The van der Waals surface area contributed by atoms with E-state index in [9.17, 15) is 43.2 Å². The Kier molecular flexibility index (Phi) is 27.6. The Morgan fingerprint density at radius 1 is 0.395 bits per heavy atom. The Hall–Kier alpha value is -8.12. The lowest BCUT2D eigenvalue weighted by atomic mass is 9.62. The maximum absolute atomic E-state index is 15.1. The van der Waals surface area contributed by atoms with Gasteiger partial charge in [0.2, 0.25) is 53.2 Å². The third-order valence-electron chi connectivity index (χ3n) is 25.7. The molecule has 9 aliphatic rings. The number of nitrogens with zero attached hydrogens (tertiary/aromatic N) is 8. The third kappa shape index (κ3) is 18.5. The summed E-state index contributed by atoms with van der Waals surface area (Å²) in [6, 6.07) is 26.1. The van der Waals surface area contributed by atoms with Gasteiger partial charge in [0.1, 0.15) is 33.7 Å². The number of benzene rings is 6. The van der Waals surface area contributed by atoms with Crippen molar-refractivity contribution in [3.63, 3.8) is 0 Å². The molecule has 15 rings (SSSR count). The first-order valence-corrected chi connectivity index (χ1v) is 44.5. The summed E-state index contributed by atoms with van der Waals surface area (Å²) in [5, 5.41) is 20.8. The fourth-order valence-corrected chi connectivity index (χ4v) is 21.5. The van der Waals surface area contributed by atoms with Crippen LogP contribution in [0, 0.1) is 33.7 Å². The summed E-state index contributed by atoms with van der Waals surface area (Å²) in [5.41, 5.74) is 0.353. The quantitative estimate of drug-likeness (QED) is 0.0593. The number of amides is 9. The molecule has 0 bridgehead atoms. The fourth-order valence-electron chi connectivity index (χ4n) is 20.4. The van der Waals surface area contributed by atoms with Gasteiger partial charge in [-0.1, -0.05) is 168 Å². The molecule has 9 aliphatic heterocycles. The summed E-state index contributed by atoms with van der Waals surface area (Å²) < 4.78 is 45.2. The molecule has 0 radical (unpaired) electrons. The largest absolute Gasteiger partial charge is 0.339 e. The number of anilines is 3. The average molecular weight is 1830 g/mol. The molecule has 32 heteroatoms. The molecule has 6 aromatic rings. The third-order valence-corrected chi connectivity index (χ3v) is 27.2. The zero-order valence-corrected chi connectivity index (χ0v) is 77.0. The van der Waals surface area contributed by atoms with Crippen LogP contribution in [0.25, 0.3) is 0 Å². The van der Waals surface area contributed by atoms with Crippen LogP contribution in [0.4, 0.5) is 30.2 Å². The standard InChI is InChI=1S/C32H40Cl2FN5O3.C31H38Cl2FN5O3.C29H33Cl2FN4O3/c1-31(2,3)18-25-32(21-16-23(35)22(34)17-24(21)36-30(32)43)27(19-7-6-8-20(33)15-19)28(37-25)29(42)40-13-11-39(12-14-40)26(41)9-10-38(4)5;1-30(2,3)16-24-31(20-14-22(34)21(33)15-23(20)35-29(31)42)26(18-7-6-8-19(32)13-18)27(36-24)28(41)39-11-9-38(10-12-39)25(40)17-37(4)5;1-16(37)35-8-10-36(11-9-35)26(38)25-24(17-6-5-7-18(30)12-17)29(23(34-25)15-28(2,3)4)19-13-21(32)20(31)14-22(19)33-27(29)39/h6-8,15-17,25,27-28,37H,9-14,18H2,1-5H3,(H,36,43);6-8,13-15,24,26-27,36H,9-12,16-17H2,1-5H3,(H,35,42);5-7,12-14,23-25,34H,8-11,15H2,1-4H3,(H,33,39)/t25-,27+,28-,32+;24-,26+,27-,31+;23-,24+,25-,29+/m111/s1. The van der Waals surface area contributed by atoms with E-state index in [1.54, 1.807) is 84.0 Å². The van der Waals surface area contributed by atoms with Gasteiger partial charge in [0.25, 0.3) is 0 Å². The van der Waals surface area contributed by atoms with E-state index in [2.05, 4.69) is 94.2 Å². The van der Waals surface area contributed by atoms with Gasteiger partial charge in [0.05, 0.1) is 39.7 Å². The Morgan fingerprint density at radius 2 is 0.669 bits per heavy atom. The summed E-state index contributed by atoms with van der Waals surface area (Å²) >= 11 is 37.8. The molecular weight excluding hydrogens is 1710 g/mol. The molecule has 0 saturated carbocycles. The zero-order valence-electron chi connectivity index (χ0n) is 72.5. The highest BCUT2D eigenvalue weighted by molar-refractivity contribution is 6.33. The van der Waals surface area contributed by atoms with Crippen molar-refractivity contribution in [2.24, 2.45) is 16.2 Å². The number of piperazine rings is 3.